The number of hydrogen-bond acceptors (Lipinski definition) is 7. The SMILES string of the molecule is CC(C)(O)[C@H](F)CNC(=O)c1cnc(-c2ccc3cc(C#N)cnn23)cc1N[C@@H]1CCC[C@@H](O)C1. The van der Waals surface area contributed by atoms with Crippen LogP contribution in [0.3, 0.4) is 0 Å². The van der Waals surface area contributed by atoms with Gasteiger partial charge in [-0.2, -0.15) is 10.4 Å². The van der Waals surface area contributed by atoms with E-state index in [-0.39, 0.29) is 18.2 Å². The van der Waals surface area contributed by atoms with Crippen molar-refractivity contribution < 1.29 is 19.4 Å². The molecule has 4 rings (SSSR count). The van der Waals surface area contributed by atoms with Crippen LogP contribution in [0.2, 0.25) is 0 Å². The lowest BCUT2D eigenvalue weighted by Crippen LogP contribution is -2.42. The largest absolute Gasteiger partial charge is 0.393 e. The first kappa shape index (κ1) is 24.6. The molecule has 1 aliphatic carbocycles. The Labute approximate surface area is 202 Å². The molecule has 0 aliphatic heterocycles. The zero-order valence-corrected chi connectivity index (χ0v) is 19.7. The fraction of sp³-hybridized carbons (Fsp3) is 0.440. The number of carbonyl (C=O) groups excluding carboxylic acids is 1. The Morgan fingerprint density at radius 1 is 1.34 bits per heavy atom. The number of anilines is 1. The van der Waals surface area contributed by atoms with E-state index in [1.807, 2.05) is 12.1 Å². The highest BCUT2D eigenvalue weighted by molar-refractivity contribution is 6.00. The van der Waals surface area contributed by atoms with Gasteiger partial charge in [0, 0.05) is 12.2 Å². The highest BCUT2D eigenvalue weighted by Gasteiger charge is 2.28. The van der Waals surface area contributed by atoms with Crippen LogP contribution in [0.4, 0.5) is 10.1 Å². The molecule has 1 aliphatic rings. The number of carbonyl (C=O) groups is 1. The van der Waals surface area contributed by atoms with Gasteiger partial charge >= 0.3 is 0 Å². The summed E-state index contributed by atoms with van der Waals surface area (Å²) in [5, 5.41) is 39.3. The van der Waals surface area contributed by atoms with E-state index >= 15 is 0 Å². The second kappa shape index (κ2) is 9.98. The van der Waals surface area contributed by atoms with Gasteiger partial charge in [-0.3, -0.25) is 9.78 Å². The minimum Gasteiger partial charge on any atom is -0.393 e. The number of aromatic nitrogens is 3. The summed E-state index contributed by atoms with van der Waals surface area (Å²) in [6.45, 7) is 2.34. The van der Waals surface area contributed by atoms with E-state index in [2.05, 4.69) is 26.8 Å². The fourth-order valence-corrected chi connectivity index (χ4v) is 4.19. The van der Waals surface area contributed by atoms with Crippen LogP contribution in [-0.4, -0.2) is 61.2 Å². The van der Waals surface area contributed by atoms with Crippen LogP contribution in [0.25, 0.3) is 16.9 Å². The summed E-state index contributed by atoms with van der Waals surface area (Å²) < 4.78 is 15.9. The molecule has 9 nitrogen and oxygen atoms in total. The number of amides is 1. The predicted octanol–water partition coefficient (Wildman–Crippen LogP) is 2.82. The second-order valence-electron chi connectivity index (χ2n) is 9.52. The maximum atomic E-state index is 14.2. The van der Waals surface area contributed by atoms with Crippen molar-refractivity contribution >= 4 is 17.1 Å². The molecule has 4 N–H and O–H groups in total. The fourth-order valence-electron chi connectivity index (χ4n) is 4.19. The average molecular weight is 481 g/mol. The van der Waals surface area contributed by atoms with Gasteiger partial charge in [-0.1, -0.05) is 0 Å². The van der Waals surface area contributed by atoms with E-state index in [0.29, 0.717) is 29.1 Å². The van der Waals surface area contributed by atoms with Gasteiger partial charge in [0.1, 0.15) is 12.2 Å². The van der Waals surface area contributed by atoms with E-state index in [9.17, 15) is 19.4 Å². The van der Waals surface area contributed by atoms with E-state index in [1.165, 1.54) is 26.2 Å². The third kappa shape index (κ3) is 5.58. The Morgan fingerprint density at radius 2 is 2.14 bits per heavy atom. The van der Waals surface area contributed by atoms with Crippen LogP contribution >= 0.6 is 0 Å². The van der Waals surface area contributed by atoms with Crippen molar-refractivity contribution in [3.8, 4) is 17.5 Å². The monoisotopic (exact) mass is 480 g/mol. The molecule has 3 atom stereocenters. The van der Waals surface area contributed by atoms with Crippen molar-refractivity contribution in [1.29, 1.82) is 5.26 Å². The second-order valence-corrected chi connectivity index (χ2v) is 9.52. The molecular weight excluding hydrogens is 451 g/mol. The lowest BCUT2D eigenvalue weighted by atomic mass is 9.92. The van der Waals surface area contributed by atoms with Crippen LogP contribution < -0.4 is 10.6 Å². The van der Waals surface area contributed by atoms with Crippen molar-refractivity contribution in [2.75, 3.05) is 11.9 Å². The van der Waals surface area contributed by atoms with Gasteiger partial charge < -0.3 is 20.8 Å². The molecule has 0 bridgehead atoms. The van der Waals surface area contributed by atoms with Crippen molar-refractivity contribution in [1.82, 2.24) is 19.9 Å². The van der Waals surface area contributed by atoms with Gasteiger partial charge in [0.2, 0.25) is 0 Å². The molecule has 0 spiro atoms. The standard InChI is InChI=1S/C25H29FN6O3/c1-25(2,35)23(26)14-29-24(34)19-13-28-21(10-20(19)31-16-4-3-5-18(33)9-16)22-7-6-17-8-15(11-27)12-30-32(17)22/h6-8,10,12-13,16,18,23,33,35H,3-5,9,14H2,1-2H3,(H,28,31)(H,29,34)/t16-,18-,23-/m1/s1. The Hall–Kier alpha value is -3.55. The smallest absolute Gasteiger partial charge is 0.255 e. The molecule has 3 aromatic rings. The summed E-state index contributed by atoms with van der Waals surface area (Å²) in [7, 11) is 0. The number of pyridine rings is 1. The lowest BCUT2D eigenvalue weighted by Gasteiger charge is -2.28. The Balaban J connectivity index is 1.66. The minimum atomic E-state index is -1.64. The molecule has 35 heavy (non-hydrogen) atoms. The van der Waals surface area contributed by atoms with Gasteiger partial charge in [-0.15, -0.1) is 0 Å². The third-order valence-corrected chi connectivity index (χ3v) is 6.26. The maximum absolute atomic E-state index is 14.2. The number of nitrogens with zero attached hydrogens (tertiary/aromatic N) is 4. The number of nitriles is 1. The normalized spacial score (nSPS) is 19.2. The molecule has 0 unspecified atom stereocenters. The molecule has 3 heterocycles. The summed E-state index contributed by atoms with van der Waals surface area (Å²) in [4.78, 5) is 17.4. The zero-order valence-electron chi connectivity index (χ0n) is 19.7. The molecule has 0 saturated heterocycles. The highest BCUT2D eigenvalue weighted by Crippen LogP contribution is 2.28. The Bertz CT molecular complexity index is 1260. The third-order valence-electron chi connectivity index (χ3n) is 6.26. The van der Waals surface area contributed by atoms with Crippen LogP contribution in [0.1, 0.15) is 55.5 Å². The summed E-state index contributed by atoms with van der Waals surface area (Å²) in [6, 6.07) is 9.14. The summed E-state index contributed by atoms with van der Waals surface area (Å²) in [6.07, 6.45) is 3.84. The van der Waals surface area contributed by atoms with Crippen LogP contribution in [0.5, 0.6) is 0 Å². The van der Waals surface area contributed by atoms with Gasteiger partial charge in [-0.05, 0) is 63.8 Å². The molecule has 184 valence electrons. The molecule has 1 saturated carbocycles. The van der Waals surface area contributed by atoms with Gasteiger partial charge in [0.05, 0.1) is 58.2 Å². The van der Waals surface area contributed by atoms with E-state index in [4.69, 9.17) is 5.26 Å². The molecule has 3 aromatic heterocycles. The molecule has 10 heteroatoms. The summed E-state index contributed by atoms with van der Waals surface area (Å²) in [5.41, 5.74) is 1.56. The average Bonchev–Trinajstić information content (AvgIpc) is 3.25. The topological polar surface area (TPSA) is 136 Å². The van der Waals surface area contributed by atoms with Crippen LogP contribution in [0.15, 0.2) is 36.7 Å². The van der Waals surface area contributed by atoms with E-state index < -0.39 is 23.8 Å². The number of halogens is 1. The van der Waals surface area contributed by atoms with Crippen molar-refractivity contribution in [3.63, 3.8) is 0 Å². The number of aliphatic hydroxyl groups excluding tert-OH is 1. The Morgan fingerprint density at radius 3 is 2.86 bits per heavy atom. The van der Waals surface area contributed by atoms with Gasteiger partial charge in [0.25, 0.3) is 5.91 Å². The summed E-state index contributed by atoms with van der Waals surface area (Å²) in [5.74, 6) is -0.522. The van der Waals surface area contributed by atoms with E-state index in [0.717, 1.165) is 24.8 Å². The van der Waals surface area contributed by atoms with Crippen LogP contribution in [0, 0.1) is 11.3 Å². The summed E-state index contributed by atoms with van der Waals surface area (Å²) >= 11 is 0. The predicted molar refractivity (Wildman–Crippen MR) is 129 cm³/mol. The number of alkyl halides is 1. The number of fused-ring (bicyclic) bond motifs is 1. The zero-order chi connectivity index (χ0) is 25.2. The van der Waals surface area contributed by atoms with E-state index in [1.54, 1.807) is 16.6 Å². The number of rotatable bonds is 7. The quantitative estimate of drug-likeness (QED) is 0.408. The van der Waals surface area contributed by atoms with Crippen molar-refractivity contribution in [2.45, 2.75) is 63.4 Å². The molecule has 0 radical (unpaired) electrons. The first-order valence-electron chi connectivity index (χ1n) is 11.6. The highest BCUT2D eigenvalue weighted by atomic mass is 19.1. The molecule has 0 aromatic carbocycles. The van der Waals surface area contributed by atoms with Crippen LogP contribution in [-0.2, 0) is 0 Å². The Kier molecular flexibility index (Phi) is 7.00. The first-order chi connectivity index (χ1) is 16.7. The number of nitrogens with one attached hydrogen (secondary N) is 2. The molecular formula is C25H29FN6O3. The lowest BCUT2D eigenvalue weighted by molar-refractivity contribution is -0.00177. The van der Waals surface area contributed by atoms with Crippen molar-refractivity contribution in [3.05, 3.63) is 47.8 Å². The number of aliphatic hydroxyl groups is 2. The molecule has 1 amide bonds. The number of hydrogen-bond donors (Lipinski definition) is 4. The maximum Gasteiger partial charge on any atom is 0.255 e. The molecule has 1 fully saturated rings. The van der Waals surface area contributed by atoms with Crippen molar-refractivity contribution in [2.24, 2.45) is 0 Å². The minimum absolute atomic E-state index is 0.0359. The van der Waals surface area contributed by atoms with Gasteiger partial charge in [0.15, 0.2) is 0 Å². The first-order valence-corrected chi connectivity index (χ1v) is 11.6. The van der Waals surface area contributed by atoms with Gasteiger partial charge in [-0.25, -0.2) is 8.91 Å².